The van der Waals surface area contributed by atoms with Gasteiger partial charge in [0.05, 0.1) is 11.8 Å². The molecule has 3 heterocycles. The molecule has 2 aromatic heterocycles. The van der Waals surface area contributed by atoms with E-state index in [1.54, 1.807) is 35.5 Å². The van der Waals surface area contributed by atoms with Crippen LogP contribution in [0.25, 0.3) is 11.1 Å². The fourth-order valence-electron chi connectivity index (χ4n) is 4.37. The molecule has 2 N–H and O–H groups in total. The molecule has 0 bridgehead atoms. The Kier molecular flexibility index (Phi) is 5.95. The number of benzene rings is 1. The summed E-state index contributed by atoms with van der Waals surface area (Å²) in [5.74, 6) is 1.22. The third kappa shape index (κ3) is 4.56. The van der Waals surface area contributed by atoms with Gasteiger partial charge in [0.2, 0.25) is 0 Å². The van der Waals surface area contributed by atoms with Crippen molar-refractivity contribution in [1.82, 2.24) is 19.7 Å². The van der Waals surface area contributed by atoms with Crippen molar-refractivity contribution < 1.29 is 13.2 Å². The van der Waals surface area contributed by atoms with E-state index in [1.165, 1.54) is 0 Å². The van der Waals surface area contributed by atoms with Crippen LogP contribution in [0.3, 0.4) is 0 Å². The molecule has 9 heteroatoms. The molecule has 31 heavy (non-hydrogen) atoms. The van der Waals surface area contributed by atoms with Crippen LogP contribution in [-0.2, 0) is 13.2 Å². The first kappa shape index (κ1) is 21.3. The minimum absolute atomic E-state index is 0.0348. The smallest absolute Gasteiger partial charge is 0.356 e. The molecular weight excluding hydrogens is 405 g/mol. The van der Waals surface area contributed by atoms with E-state index in [1.807, 2.05) is 13.2 Å². The van der Waals surface area contributed by atoms with Gasteiger partial charge >= 0.3 is 6.18 Å². The van der Waals surface area contributed by atoms with Crippen molar-refractivity contribution in [3.8, 4) is 11.1 Å². The average Bonchev–Trinajstić information content (AvgIpc) is 3.21. The maximum Gasteiger partial charge on any atom is 0.416 e. The molecule has 1 unspecified atom stereocenters. The molecule has 1 saturated heterocycles. The van der Waals surface area contributed by atoms with E-state index in [2.05, 4.69) is 20.0 Å². The summed E-state index contributed by atoms with van der Waals surface area (Å²) in [6.07, 6.45) is 4.53. The molecule has 1 atom stereocenters. The highest BCUT2D eigenvalue weighted by Gasteiger charge is 2.32. The molecular formula is C22H25F3N6. The normalized spacial score (nSPS) is 16.5. The Morgan fingerprint density at radius 3 is 2.42 bits per heavy atom. The molecule has 1 aromatic carbocycles. The molecule has 0 amide bonds. The van der Waals surface area contributed by atoms with Crippen molar-refractivity contribution in [3.63, 3.8) is 0 Å². The summed E-state index contributed by atoms with van der Waals surface area (Å²) in [7, 11) is 1.87. The molecule has 0 saturated carbocycles. The highest BCUT2D eigenvalue weighted by atomic mass is 19.4. The number of aromatic nitrogens is 4. The Hall–Kier alpha value is -2.94. The monoisotopic (exact) mass is 430 g/mol. The van der Waals surface area contributed by atoms with Crippen LogP contribution in [0.5, 0.6) is 0 Å². The summed E-state index contributed by atoms with van der Waals surface area (Å²) < 4.78 is 40.4. The number of anilines is 1. The Morgan fingerprint density at radius 1 is 1.13 bits per heavy atom. The molecule has 0 spiro atoms. The van der Waals surface area contributed by atoms with Crippen molar-refractivity contribution in [2.45, 2.75) is 24.9 Å². The lowest BCUT2D eigenvalue weighted by Crippen LogP contribution is -2.37. The fourth-order valence-corrected chi connectivity index (χ4v) is 4.37. The van der Waals surface area contributed by atoms with E-state index < -0.39 is 11.7 Å². The van der Waals surface area contributed by atoms with Crippen molar-refractivity contribution in [3.05, 3.63) is 60.3 Å². The summed E-state index contributed by atoms with van der Waals surface area (Å²) in [6.45, 7) is 2.00. The van der Waals surface area contributed by atoms with Gasteiger partial charge in [0.25, 0.3) is 0 Å². The first-order valence-corrected chi connectivity index (χ1v) is 10.3. The molecule has 164 valence electrons. The number of hydrogen-bond acceptors (Lipinski definition) is 5. The third-order valence-corrected chi connectivity index (χ3v) is 6.04. The molecule has 1 aliphatic heterocycles. The van der Waals surface area contributed by atoms with Gasteiger partial charge in [-0.15, -0.1) is 0 Å². The van der Waals surface area contributed by atoms with E-state index in [0.29, 0.717) is 12.5 Å². The summed E-state index contributed by atoms with van der Waals surface area (Å²) >= 11 is 0. The molecule has 0 aliphatic carbocycles. The number of nitrogens with zero attached hydrogens (tertiary/aromatic N) is 5. The van der Waals surface area contributed by atoms with E-state index in [4.69, 9.17) is 5.73 Å². The van der Waals surface area contributed by atoms with Crippen LogP contribution in [0.1, 0.15) is 29.9 Å². The second-order valence-corrected chi connectivity index (χ2v) is 7.95. The van der Waals surface area contributed by atoms with Gasteiger partial charge in [-0.2, -0.15) is 18.3 Å². The number of alkyl halides is 3. The highest BCUT2D eigenvalue weighted by molar-refractivity contribution is 5.74. The lowest BCUT2D eigenvalue weighted by molar-refractivity contribution is -0.137. The maximum absolute atomic E-state index is 12.9. The van der Waals surface area contributed by atoms with Gasteiger partial charge in [0.1, 0.15) is 12.1 Å². The van der Waals surface area contributed by atoms with Crippen molar-refractivity contribution >= 4 is 5.82 Å². The SMILES string of the molecule is Cn1cc(-c2cncnc2N2CCC(C(CN)c3ccc(C(F)(F)F)cc3)CC2)cn1. The number of nitrogens with two attached hydrogens (primary N) is 1. The predicted octanol–water partition coefficient (Wildman–Crippen LogP) is 3.85. The van der Waals surface area contributed by atoms with Crippen molar-refractivity contribution in [2.75, 3.05) is 24.5 Å². The van der Waals surface area contributed by atoms with Crippen LogP contribution in [0.4, 0.5) is 19.0 Å². The van der Waals surface area contributed by atoms with Crippen molar-refractivity contribution in [1.29, 1.82) is 0 Å². The van der Waals surface area contributed by atoms with Crippen LogP contribution < -0.4 is 10.6 Å². The summed E-state index contributed by atoms with van der Waals surface area (Å²) in [5, 5.41) is 4.24. The van der Waals surface area contributed by atoms with E-state index >= 15 is 0 Å². The Labute approximate surface area is 178 Å². The first-order chi connectivity index (χ1) is 14.9. The Balaban J connectivity index is 1.47. The van der Waals surface area contributed by atoms with Crippen LogP contribution in [-0.4, -0.2) is 39.4 Å². The van der Waals surface area contributed by atoms with Crippen LogP contribution in [0, 0.1) is 5.92 Å². The van der Waals surface area contributed by atoms with E-state index in [9.17, 15) is 13.2 Å². The van der Waals surface area contributed by atoms with Crippen LogP contribution >= 0.6 is 0 Å². The van der Waals surface area contributed by atoms with Gasteiger partial charge in [0, 0.05) is 43.7 Å². The number of piperidine rings is 1. The summed E-state index contributed by atoms with van der Waals surface area (Å²) in [6, 6.07) is 5.43. The molecule has 6 nitrogen and oxygen atoms in total. The van der Waals surface area contributed by atoms with Gasteiger partial charge in [-0.3, -0.25) is 4.68 Å². The van der Waals surface area contributed by atoms with E-state index in [0.717, 1.165) is 60.6 Å². The lowest BCUT2D eigenvalue weighted by atomic mass is 9.80. The minimum Gasteiger partial charge on any atom is -0.356 e. The first-order valence-electron chi connectivity index (χ1n) is 10.3. The van der Waals surface area contributed by atoms with Crippen LogP contribution in [0.15, 0.2) is 49.2 Å². The zero-order valence-corrected chi connectivity index (χ0v) is 17.3. The molecule has 4 rings (SSSR count). The summed E-state index contributed by atoms with van der Waals surface area (Å²) in [4.78, 5) is 10.9. The minimum atomic E-state index is -4.33. The van der Waals surface area contributed by atoms with Gasteiger partial charge < -0.3 is 10.6 Å². The molecule has 1 fully saturated rings. The number of halogens is 3. The molecule has 0 radical (unpaired) electrons. The zero-order valence-electron chi connectivity index (χ0n) is 17.3. The largest absolute Gasteiger partial charge is 0.416 e. The van der Waals surface area contributed by atoms with Gasteiger partial charge in [0.15, 0.2) is 0 Å². The number of rotatable bonds is 5. The second kappa shape index (κ2) is 8.66. The Morgan fingerprint density at radius 2 is 1.84 bits per heavy atom. The highest BCUT2D eigenvalue weighted by Crippen LogP contribution is 2.37. The second-order valence-electron chi connectivity index (χ2n) is 7.95. The third-order valence-electron chi connectivity index (χ3n) is 6.04. The molecule has 1 aliphatic rings. The average molecular weight is 430 g/mol. The number of aryl methyl sites for hydroxylation is 1. The summed E-state index contributed by atoms with van der Waals surface area (Å²) in [5.41, 5.74) is 8.18. The standard InChI is InChI=1S/C22H25F3N6/c1-30-13-17(11-29-30)20-12-27-14-28-21(20)31-8-6-16(7-9-31)19(10-26)15-2-4-18(5-3-15)22(23,24)25/h2-5,11-14,16,19H,6-10,26H2,1H3. The van der Waals surface area contributed by atoms with Gasteiger partial charge in [-0.1, -0.05) is 12.1 Å². The van der Waals surface area contributed by atoms with E-state index in [-0.39, 0.29) is 5.92 Å². The topological polar surface area (TPSA) is 72.9 Å². The van der Waals surface area contributed by atoms with Gasteiger partial charge in [-0.25, -0.2) is 9.97 Å². The predicted molar refractivity (Wildman–Crippen MR) is 112 cm³/mol. The quantitative estimate of drug-likeness (QED) is 0.666. The fraction of sp³-hybridized carbons (Fsp3) is 0.409. The van der Waals surface area contributed by atoms with Gasteiger partial charge in [-0.05, 0) is 48.9 Å². The molecule has 3 aromatic rings. The van der Waals surface area contributed by atoms with Crippen LogP contribution in [0.2, 0.25) is 0 Å². The number of hydrogen-bond donors (Lipinski definition) is 1. The lowest BCUT2D eigenvalue weighted by Gasteiger charge is -2.37. The van der Waals surface area contributed by atoms with Crippen molar-refractivity contribution in [2.24, 2.45) is 18.7 Å². The Bertz CT molecular complexity index is 1010. The maximum atomic E-state index is 12.9. The zero-order chi connectivity index (χ0) is 22.0.